The highest BCUT2D eigenvalue weighted by atomic mass is 15.1. The minimum absolute atomic E-state index is 0.597. The summed E-state index contributed by atoms with van der Waals surface area (Å²) < 4.78 is 7.07. The van der Waals surface area contributed by atoms with Crippen molar-refractivity contribution >= 4 is 65.4 Å². The molecule has 11 rings (SSSR count). The van der Waals surface area contributed by atoms with E-state index in [0.717, 1.165) is 82.8 Å². The topological polar surface area (TPSA) is 62.4 Å². The molecule has 0 N–H and O–H groups in total. The third-order valence-corrected chi connectivity index (χ3v) is 11.1. The lowest BCUT2D eigenvalue weighted by Crippen LogP contribution is -2.04. The number of para-hydroxylation sites is 6. The van der Waals surface area contributed by atoms with Gasteiger partial charge in [-0.2, -0.15) is 10.5 Å². The molecule has 0 spiro atoms. The van der Waals surface area contributed by atoms with Crippen LogP contribution in [0.5, 0.6) is 0 Å². The van der Waals surface area contributed by atoms with Crippen LogP contribution >= 0.6 is 0 Å². The number of nitrogens with zero attached hydrogens (tertiary/aromatic N) is 5. The Morgan fingerprint density at radius 2 is 0.745 bits per heavy atom. The second-order valence-corrected chi connectivity index (χ2v) is 14.0. The molecule has 0 amide bonds. The van der Waals surface area contributed by atoms with Crippen molar-refractivity contribution in [2.24, 2.45) is 0 Å². The Kier molecular flexibility index (Phi) is 6.61. The molecule has 5 heteroatoms. The Balaban J connectivity index is 1.26. The molecule has 5 nitrogen and oxygen atoms in total. The zero-order valence-electron chi connectivity index (χ0n) is 29.5. The number of hydrogen-bond donors (Lipinski definition) is 0. The predicted octanol–water partition coefficient (Wildman–Crippen LogP) is 12.4. The molecule has 3 heterocycles. The normalized spacial score (nSPS) is 11.6. The van der Waals surface area contributed by atoms with Gasteiger partial charge in [0.2, 0.25) is 0 Å². The van der Waals surface area contributed by atoms with Gasteiger partial charge in [-0.1, -0.05) is 103 Å². The van der Waals surface area contributed by atoms with Gasteiger partial charge in [0.1, 0.15) is 0 Å². The summed E-state index contributed by atoms with van der Waals surface area (Å²) in [5.74, 6) is 0. The number of benzene rings is 8. The molecule has 0 fully saturated rings. The molecular weight excluding hydrogens is 671 g/mol. The van der Waals surface area contributed by atoms with Gasteiger partial charge in [-0.05, 0) is 72.8 Å². The van der Waals surface area contributed by atoms with Crippen LogP contribution in [0.4, 0.5) is 0 Å². The van der Waals surface area contributed by atoms with Crippen molar-refractivity contribution in [1.82, 2.24) is 13.7 Å². The fraction of sp³-hybridized carbons (Fsp3) is 0. The summed E-state index contributed by atoms with van der Waals surface area (Å²) in [5.41, 5.74) is 12.7. The van der Waals surface area contributed by atoms with Crippen LogP contribution in [0.1, 0.15) is 11.1 Å². The third-order valence-electron chi connectivity index (χ3n) is 11.1. The quantitative estimate of drug-likeness (QED) is 0.184. The molecule has 0 bridgehead atoms. The highest BCUT2D eigenvalue weighted by Crippen LogP contribution is 2.43. The molecule has 0 atom stereocenters. The van der Waals surface area contributed by atoms with Crippen LogP contribution in [0, 0.1) is 22.7 Å². The Morgan fingerprint density at radius 1 is 0.309 bits per heavy atom. The number of hydrogen-bond acceptors (Lipinski definition) is 2. The molecular formula is C50H29N5. The van der Waals surface area contributed by atoms with Crippen molar-refractivity contribution in [2.75, 3.05) is 0 Å². The van der Waals surface area contributed by atoms with Crippen LogP contribution in [0.2, 0.25) is 0 Å². The summed E-state index contributed by atoms with van der Waals surface area (Å²) in [4.78, 5) is 0. The van der Waals surface area contributed by atoms with Crippen LogP contribution in [0.15, 0.2) is 176 Å². The van der Waals surface area contributed by atoms with Crippen molar-refractivity contribution in [3.63, 3.8) is 0 Å². The average Bonchev–Trinajstić information content (AvgIpc) is 3.89. The number of aromatic nitrogens is 3. The standard InChI is InChI=1S/C50H29N5/c51-30-32-24-26-47(53-42-18-6-1-12-34(42)35-13-2-7-19-43(35)53)41(29-32)38-16-5-10-22-46(38)55-45-21-9-3-14-36(45)39-17-11-23-49(50(39)55)54-44-20-8-4-15-37(44)40-28-33(31-52)25-27-48(40)54/h1-29H. The van der Waals surface area contributed by atoms with E-state index in [1.165, 1.54) is 10.8 Å². The van der Waals surface area contributed by atoms with Gasteiger partial charge in [0.15, 0.2) is 0 Å². The molecule has 8 aromatic carbocycles. The van der Waals surface area contributed by atoms with E-state index in [4.69, 9.17) is 0 Å². The van der Waals surface area contributed by atoms with Crippen molar-refractivity contribution < 1.29 is 0 Å². The maximum atomic E-state index is 10.3. The summed E-state index contributed by atoms with van der Waals surface area (Å²) in [5, 5.41) is 26.9. The first-order valence-corrected chi connectivity index (χ1v) is 18.3. The predicted molar refractivity (Wildman–Crippen MR) is 224 cm³/mol. The van der Waals surface area contributed by atoms with E-state index in [-0.39, 0.29) is 0 Å². The minimum atomic E-state index is 0.597. The lowest BCUT2D eigenvalue weighted by molar-refractivity contribution is 1.13. The van der Waals surface area contributed by atoms with E-state index in [1.54, 1.807) is 0 Å². The van der Waals surface area contributed by atoms with Crippen molar-refractivity contribution in [1.29, 1.82) is 10.5 Å². The highest BCUT2D eigenvalue weighted by molar-refractivity contribution is 6.16. The number of nitriles is 2. The molecule has 0 aliphatic rings. The second-order valence-electron chi connectivity index (χ2n) is 14.0. The van der Waals surface area contributed by atoms with Gasteiger partial charge in [-0.3, -0.25) is 0 Å². The van der Waals surface area contributed by atoms with Gasteiger partial charge in [0.25, 0.3) is 0 Å². The third kappa shape index (κ3) is 4.39. The smallest absolute Gasteiger partial charge is 0.0991 e. The number of fused-ring (bicyclic) bond motifs is 9. The SMILES string of the molecule is N#Cc1ccc(-n2c3ccccc3c3ccccc32)c(-c2ccccc2-n2c3ccccc3c3cccc(-n4c5ccccc5c5cc(C#N)ccc54)c32)c1. The van der Waals surface area contributed by atoms with Crippen LogP contribution in [-0.4, -0.2) is 13.7 Å². The van der Waals surface area contributed by atoms with Crippen molar-refractivity contribution in [3.8, 4) is 40.3 Å². The highest BCUT2D eigenvalue weighted by Gasteiger charge is 2.23. The first-order valence-electron chi connectivity index (χ1n) is 18.3. The summed E-state index contributed by atoms with van der Waals surface area (Å²) in [6.07, 6.45) is 0. The Bertz CT molecular complexity index is 3420. The molecule has 0 unspecified atom stereocenters. The molecule has 0 radical (unpaired) electrons. The van der Waals surface area contributed by atoms with Gasteiger partial charge >= 0.3 is 0 Å². The Labute approximate surface area is 316 Å². The molecule has 55 heavy (non-hydrogen) atoms. The van der Waals surface area contributed by atoms with Gasteiger partial charge in [0.05, 0.1) is 73.4 Å². The molecule has 254 valence electrons. The molecule has 0 saturated carbocycles. The van der Waals surface area contributed by atoms with E-state index in [2.05, 4.69) is 177 Å². The van der Waals surface area contributed by atoms with E-state index in [1.807, 2.05) is 24.3 Å². The largest absolute Gasteiger partial charge is 0.309 e. The lowest BCUT2D eigenvalue weighted by atomic mass is 9.98. The van der Waals surface area contributed by atoms with E-state index < -0.39 is 0 Å². The van der Waals surface area contributed by atoms with Crippen LogP contribution in [0.25, 0.3) is 93.6 Å². The first-order chi connectivity index (χ1) is 27.2. The van der Waals surface area contributed by atoms with Crippen molar-refractivity contribution in [2.45, 2.75) is 0 Å². The maximum absolute atomic E-state index is 10.3. The second kappa shape index (κ2) is 11.8. The molecule has 11 aromatic rings. The Morgan fingerprint density at radius 3 is 1.40 bits per heavy atom. The van der Waals surface area contributed by atoms with Crippen LogP contribution in [-0.2, 0) is 0 Å². The average molecular weight is 700 g/mol. The molecule has 0 saturated heterocycles. The monoisotopic (exact) mass is 699 g/mol. The summed E-state index contributed by atoms with van der Waals surface area (Å²) in [6.45, 7) is 0. The summed E-state index contributed by atoms with van der Waals surface area (Å²) in [7, 11) is 0. The van der Waals surface area contributed by atoms with Gasteiger partial charge in [-0.25, -0.2) is 0 Å². The van der Waals surface area contributed by atoms with E-state index >= 15 is 0 Å². The number of rotatable bonds is 4. The van der Waals surface area contributed by atoms with Gasteiger partial charge in [0, 0.05) is 43.4 Å². The minimum Gasteiger partial charge on any atom is -0.309 e. The van der Waals surface area contributed by atoms with Crippen molar-refractivity contribution in [3.05, 3.63) is 187 Å². The molecule has 0 aliphatic carbocycles. The van der Waals surface area contributed by atoms with Crippen LogP contribution in [0.3, 0.4) is 0 Å². The Hall–Kier alpha value is -7.86. The van der Waals surface area contributed by atoms with Gasteiger partial charge < -0.3 is 13.7 Å². The van der Waals surface area contributed by atoms with E-state index in [9.17, 15) is 10.5 Å². The summed E-state index contributed by atoms with van der Waals surface area (Å²) >= 11 is 0. The zero-order valence-corrected chi connectivity index (χ0v) is 29.5. The lowest BCUT2D eigenvalue weighted by Gasteiger charge is -2.20. The fourth-order valence-corrected chi connectivity index (χ4v) is 8.83. The van der Waals surface area contributed by atoms with Crippen LogP contribution < -0.4 is 0 Å². The van der Waals surface area contributed by atoms with E-state index in [0.29, 0.717) is 11.1 Å². The molecule has 0 aliphatic heterocycles. The zero-order chi connectivity index (χ0) is 36.6. The maximum Gasteiger partial charge on any atom is 0.0991 e. The summed E-state index contributed by atoms with van der Waals surface area (Å²) in [6, 6.07) is 66.0. The molecule has 3 aromatic heterocycles. The fourth-order valence-electron chi connectivity index (χ4n) is 8.83. The first kappa shape index (κ1) is 30.7. The van der Waals surface area contributed by atoms with Gasteiger partial charge in [-0.15, -0.1) is 0 Å².